The third kappa shape index (κ3) is 2.22. The second-order valence-corrected chi connectivity index (χ2v) is 5.19. The molecule has 0 atom stereocenters. The Morgan fingerprint density at radius 3 is 2.78 bits per heavy atom. The van der Waals surface area contributed by atoms with Crippen LogP contribution in [0.15, 0.2) is 18.5 Å². The molecule has 6 heteroatoms. The van der Waals surface area contributed by atoms with Crippen molar-refractivity contribution < 1.29 is 0 Å². The van der Waals surface area contributed by atoms with Gasteiger partial charge in [-0.15, -0.1) is 0 Å². The number of nitrogens with two attached hydrogens (primary N) is 1. The highest BCUT2D eigenvalue weighted by molar-refractivity contribution is 6.32. The average Bonchev–Trinajstić information content (AvgIpc) is 3.02. The van der Waals surface area contributed by atoms with E-state index in [0.29, 0.717) is 23.4 Å². The van der Waals surface area contributed by atoms with Crippen molar-refractivity contribution in [1.29, 1.82) is 0 Å². The maximum Gasteiger partial charge on any atom is 0.164 e. The first-order valence-corrected chi connectivity index (χ1v) is 6.62. The highest BCUT2D eigenvalue weighted by Crippen LogP contribution is 2.28. The predicted octanol–water partition coefficient (Wildman–Crippen LogP) is 2.48. The van der Waals surface area contributed by atoms with Crippen LogP contribution < -0.4 is 5.73 Å². The number of hydrogen-bond acceptors (Lipinski definition) is 3. The number of aromatic nitrogens is 4. The lowest BCUT2D eigenvalue weighted by Gasteiger charge is -2.08. The van der Waals surface area contributed by atoms with Gasteiger partial charge in [0.25, 0.3) is 0 Å². The molecule has 0 aliphatic heterocycles. The summed E-state index contributed by atoms with van der Waals surface area (Å²) in [5.41, 5.74) is 6.60. The topological polar surface area (TPSA) is 61.7 Å². The predicted molar refractivity (Wildman–Crippen MR) is 70.5 cm³/mol. The van der Waals surface area contributed by atoms with E-state index in [-0.39, 0.29) is 0 Å². The molecular weight excluding hydrogens is 250 g/mol. The Hall–Kier alpha value is -1.49. The zero-order chi connectivity index (χ0) is 12.5. The van der Waals surface area contributed by atoms with E-state index in [1.54, 1.807) is 10.9 Å². The van der Waals surface area contributed by atoms with Crippen molar-refractivity contribution in [3.05, 3.63) is 29.2 Å². The van der Waals surface area contributed by atoms with Gasteiger partial charge in [0.05, 0.1) is 18.3 Å². The third-order valence-corrected chi connectivity index (χ3v) is 3.72. The second-order valence-electron chi connectivity index (χ2n) is 4.79. The lowest BCUT2D eigenvalue weighted by Crippen LogP contribution is -2.07. The normalized spacial score (nSPS) is 16.5. The number of hydrogen-bond donors (Lipinski definition) is 1. The van der Waals surface area contributed by atoms with E-state index in [4.69, 9.17) is 17.3 Å². The SMILES string of the molecule is Nc1nn(Cc2ccn(C3CCCC3)n2)cc1Cl. The van der Waals surface area contributed by atoms with E-state index in [0.717, 1.165) is 5.69 Å². The fourth-order valence-corrected chi connectivity index (χ4v) is 2.64. The van der Waals surface area contributed by atoms with Gasteiger partial charge < -0.3 is 5.73 Å². The van der Waals surface area contributed by atoms with E-state index in [2.05, 4.69) is 21.1 Å². The summed E-state index contributed by atoms with van der Waals surface area (Å²) < 4.78 is 3.80. The summed E-state index contributed by atoms with van der Waals surface area (Å²) in [6.45, 7) is 0.608. The molecule has 3 rings (SSSR count). The summed E-state index contributed by atoms with van der Waals surface area (Å²) in [6.07, 6.45) is 8.88. The van der Waals surface area contributed by atoms with Crippen LogP contribution in [0.5, 0.6) is 0 Å². The Kier molecular flexibility index (Phi) is 2.99. The van der Waals surface area contributed by atoms with E-state index in [1.165, 1.54) is 25.7 Å². The first-order chi connectivity index (χ1) is 8.72. The van der Waals surface area contributed by atoms with E-state index in [9.17, 15) is 0 Å². The van der Waals surface area contributed by atoms with Crippen LogP contribution >= 0.6 is 11.6 Å². The third-order valence-electron chi connectivity index (χ3n) is 3.43. The first kappa shape index (κ1) is 11.6. The quantitative estimate of drug-likeness (QED) is 0.927. The lowest BCUT2D eigenvalue weighted by molar-refractivity contribution is 0.460. The Labute approximate surface area is 111 Å². The molecule has 1 saturated carbocycles. The molecule has 0 radical (unpaired) electrons. The zero-order valence-corrected chi connectivity index (χ0v) is 10.8. The molecule has 2 heterocycles. The van der Waals surface area contributed by atoms with Crippen molar-refractivity contribution >= 4 is 17.4 Å². The molecular formula is C12H16ClN5. The van der Waals surface area contributed by atoms with Crippen LogP contribution in [0.3, 0.4) is 0 Å². The smallest absolute Gasteiger partial charge is 0.164 e. The molecule has 0 aromatic carbocycles. The summed E-state index contributed by atoms with van der Waals surface area (Å²) in [4.78, 5) is 0. The molecule has 0 saturated heterocycles. The van der Waals surface area contributed by atoms with Crippen LogP contribution in [0.25, 0.3) is 0 Å². The van der Waals surface area contributed by atoms with Crippen LogP contribution in [-0.2, 0) is 6.54 Å². The molecule has 0 unspecified atom stereocenters. The van der Waals surface area contributed by atoms with Crippen molar-refractivity contribution in [2.24, 2.45) is 0 Å². The van der Waals surface area contributed by atoms with Gasteiger partial charge in [0.2, 0.25) is 0 Å². The lowest BCUT2D eigenvalue weighted by atomic mass is 10.3. The van der Waals surface area contributed by atoms with E-state index in [1.807, 2.05) is 6.07 Å². The second kappa shape index (κ2) is 4.65. The van der Waals surface area contributed by atoms with E-state index >= 15 is 0 Å². The van der Waals surface area contributed by atoms with Crippen molar-refractivity contribution in [2.45, 2.75) is 38.3 Å². The minimum absolute atomic E-state index is 0.367. The first-order valence-electron chi connectivity index (χ1n) is 6.25. The van der Waals surface area contributed by atoms with Crippen LogP contribution in [0.2, 0.25) is 5.02 Å². The Balaban J connectivity index is 1.73. The Morgan fingerprint density at radius 2 is 2.11 bits per heavy atom. The molecule has 1 aliphatic carbocycles. The maximum absolute atomic E-state index is 5.87. The standard InChI is InChI=1S/C12H16ClN5/c13-11-8-17(16-12(11)14)7-9-5-6-18(15-9)10-3-1-2-4-10/h5-6,8,10H,1-4,7H2,(H2,14,16). The molecule has 1 fully saturated rings. The molecule has 18 heavy (non-hydrogen) atoms. The Bertz CT molecular complexity index is 519. The largest absolute Gasteiger partial charge is 0.381 e. The van der Waals surface area contributed by atoms with Crippen LogP contribution in [0.4, 0.5) is 5.82 Å². The summed E-state index contributed by atoms with van der Waals surface area (Å²) in [7, 11) is 0. The van der Waals surface area contributed by atoms with E-state index < -0.39 is 0 Å². The number of nitrogens with zero attached hydrogens (tertiary/aromatic N) is 4. The van der Waals surface area contributed by atoms with Crippen LogP contribution in [-0.4, -0.2) is 19.6 Å². The molecule has 2 aromatic rings. The number of nitrogen functional groups attached to an aromatic ring is 1. The average molecular weight is 266 g/mol. The van der Waals surface area contributed by atoms with Crippen LogP contribution in [0.1, 0.15) is 37.4 Å². The number of rotatable bonds is 3. The maximum atomic E-state index is 5.87. The van der Waals surface area contributed by atoms with Gasteiger partial charge in [0, 0.05) is 12.4 Å². The minimum atomic E-state index is 0.367. The summed E-state index contributed by atoms with van der Waals surface area (Å²) in [6, 6.07) is 2.61. The molecule has 0 spiro atoms. The summed E-state index contributed by atoms with van der Waals surface area (Å²) in [5, 5.41) is 9.21. The fourth-order valence-electron chi connectivity index (χ4n) is 2.49. The van der Waals surface area contributed by atoms with Gasteiger partial charge in [-0.25, -0.2) is 0 Å². The zero-order valence-electron chi connectivity index (χ0n) is 10.1. The minimum Gasteiger partial charge on any atom is -0.381 e. The summed E-state index contributed by atoms with van der Waals surface area (Å²) >= 11 is 5.87. The van der Waals surface area contributed by atoms with Gasteiger partial charge in [-0.3, -0.25) is 9.36 Å². The van der Waals surface area contributed by atoms with Crippen molar-refractivity contribution in [3.8, 4) is 0 Å². The number of halogens is 1. The number of anilines is 1. The molecule has 2 N–H and O–H groups in total. The fraction of sp³-hybridized carbons (Fsp3) is 0.500. The summed E-state index contributed by atoms with van der Waals surface area (Å²) in [5.74, 6) is 0.367. The van der Waals surface area contributed by atoms with Crippen molar-refractivity contribution in [1.82, 2.24) is 19.6 Å². The van der Waals surface area contributed by atoms with Gasteiger partial charge in [0.1, 0.15) is 5.02 Å². The van der Waals surface area contributed by atoms with Gasteiger partial charge in [-0.1, -0.05) is 24.4 Å². The van der Waals surface area contributed by atoms with Crippen molar-refractivity contribution in [2.75, 3.05) is 5.73 Å². The van der Waals surface area contributed by atoms with Gasteiger partial charge >= 0.3 is 0 Å². The Morgan fingerprint density at radius 1 is 1.33 bits per heavy atom. The highest BCUT2D eigenvalue weighted by atomic mass is 35.5. The monoisotopic (exact) mass is 265 g/mol. The molecule has 0 amide bonds. The van der Waals surface area contributed by atoms with Gasteiger partial charge in [-0.2, -0.15) is 10.2 Å². The molecule has 96 valence electrons. The molecule has 5 nitrogen and oxygen atoms in total. The molecule has 0 bridgehead atoms. The van der Waals surface area contributed by atoms with Crippen LogP contribution in [0, 0.1) is 0 Å². The van der Waals surface area contributed by atoms with Crippen molar-refractivity contribution in [3.63, 3.8) is 0 Å². The van der Waals surface area contributed by atoms with Gasteiger partial charge in [0.15, 0.2) is 5.82 Å². The highest BCUT2D eigenvalue weighted by Gasteiger charge is 2.17. The molecule has 1 aliphatic rings. The molecule has 2 aromatic heterocycles. The van der Waals surface area contributed by atoms with Gasteiger partial charge in [-0.05, 0) is 18.9 Å².